The zero-order valence-electron chi connectivity index (χ0n) is 18.5. The lowest BCUT2D eigenvalue weighted by Crippen LogP contribution is -2.00. The maximum Gasteiger partial charge on any atom is 0.196 e. The van der Waals surface area contributed by atoms with Gasteiger partial charge in [0, 0.05) is 27.1 Å². The predicted molar refractivity (Wildman–Crippen MR) is 132 cm³/mol. The summed E-state index contributed by atoms with van der Waals surface area (Å²) in [5, 5.41) is 7.23. The molecule has 0 amide bonds. The van der Waals surface area contributed by atoms with Crippen LogP contribution in [0.1, 0.15) is 43.5 Å². The Morgan fingerprint density at radius 3 is 2.15 bits per heavy atom. The Morgan fingerprint density at radius 1 is 0.818 bits per heavy atom. The number of Topliss-reactive ketones (excluding diaryl/α,β-unsaturated/α-hetero) is 1. The van der Waals surface area contributed by atoms with Crippen molar-refractivity contribution in [2.24, 2.45) is 0 Å². The van der Waals surface area contributed by atoms with Crippen molar-refractivity contribution in [2.45, 2.75) is 20.8 Å². The second-order valence-corrected chi connectivity index (χ2v) is 9.52. The molecule has 160 valence electrons. The number of carbonyl (C=O) groups excluding carboxylic acids is 1. The number of fused-ring (bicyclic) bond motifs is 2. The van der Waals surface area contributed by atoms with E-state index in [-0.39, 0.29) is 5.78 Å². The fourth-order valence-electron chi connectivity index (χ4n) is 4.68. The predicted octanol–water partition coefficient (Wildman–Crippen LogP) is 7.03. The number of ketones is 1. The molecule has 0 fully saturated rings. The van der Waals surface area contributed by atoms with Crippen LogP contribution in [0.4, 0.5) is 0 Å². The van der Waals surface area contributed by atoms with Gasteiger partial charge in [0.15, 0.2) is 5.78 Å². The number of hydrogen-bond donors (Lipinski definition) is 0. The van der Waals surface area contributed by atoms with Crippen LogP contribution in [-0.4, -0.2) is 15.9 Å². The number of thiazole rings is 1. The average Bonchev–Trinajstić information content (AvgIpc) is 3.46. The first-order valence-corrected chi connectivity index (χ1v) is 11.6. The van der Waals surface area contributed by atoms with Crippen molar-refractivity contribution < 1.29 is 9.32 Å². The van der Waals surface area contributed by atoms with Gasteiger partial charge in [0.25, 0.3) is 0 Å². The molecule has 0 unspecified atom stereocenters. The Morgan fingerprint density at radius 2 is 1.48 bits per heavy atom. The lowest BCUT2D eigenvalue weighted by molar-refractivity contribution is 0.105. The third-order valence-electron chi connectivity index (χ3n) is 6.21. The molecule has 3 aromatic carbocycles. The quantitative estimate of drug-likeness (QED) is 0.297. The molecule has 2 aromatic heterocycles. The normalized spacial score (nSPS) is 13.2. The molecule has 0 bridgehead atoms. The molecule has 1 aliphatic rings. The SMILES string of the molecule is Cc1noc(C)c1C1=C(c2nc(-c3ccccc3)sc2C)C(=O)c2cc3ccccc3cc21. The molecule has 0 saturated carbocycles. The molecule has 0 radical (unpaired) electrons. The Balaban J connectivity index is 1.66. The summed E-state index contributed by atoms with van der Waals surface area (Å²) in [7, 11) is 0. The summed E-state index contributed by atoms with van der Waals surface area (Å²) in [6, 6.07) is 22.3. The first-order valence-electron chi connectivity index (χ1n) is 10.8. The molecule has 0 spiro atoms. The third kappa shape index (κ3) is 3.00. The van der Waals surface area contributed by atoms with E-state index in [4.69, 9.17) is 9.51 Å². The summed E-state index contributed by atoms with van der Waals surface area (Å²) in [6.07, 6.45) is 0. The van der Waals surface area contributed by atoms with Crippen molar-refractivity contribution in [3.8, 4) is 10.6 Å². The van der Waals surface area contributed by atoms with Crippen molar-refractivity contribution >= 4 is 39.0 Å². The minimum atomic E-state index is -0.00114. The molecular formula is C28H20N2O2S. The monoisotopic (exact) mass is 448 g/mol. The number of aryl methyl sites for hydroxylation is 3. The number of carbonyl (C=O) groups is 1. The van der Waals surface area contributed by atoms with E-state index in [1.165, 1.54) is 0 Å². The number of allylic oxidation sites excluding steroid dienone is 1. The molecular weight excluding hydrogens is 428 g/mol. The van der Waals surface area contributed by atoms with E-state index in [2.05, 4.69) is 17.3 Å². The van der Waals surface area contributed by atoms with Gasteiger partial charge in [-0.15, -0.1) is 11.3 Å². The first kappa shape index (κ1) is 19.8. The second-order valence-electron chi connectivity index (χ2n) is 8.31. The van der Waals surface area contributed by atoms with Gasteiger partial charge in [0.05, 0.1) is 17.0 Å². The van der Waals surface area contributed by atoms with Gasteiger partial charge in [-0.05, 0) is 49.2 Å². The molecule has 33 heavy (non-hydrogen) atoms. The Hall–Kier alpha value is -3.83. The van der Waals surface area contributed by atoms with Gasteiger partial charge in [-0.25, -0.2) is 4.98 Å². The van der Waals surface area contributed by atoms with Crippen LogP contribution in [0.25, 0.3) is 32.5 Å². The van der Waals surface area contributed by atoms with Gasteiger partial charge in [-0.3, -0.25) is 4.79 Å². The van der Waals surface area contributed by atoms with Gasteiger partial charge in [-0.1, -0.05) is 59.8 Å². The van der Waals surface area contributed by atoms with Gasteiger partial charge < -0.3 is 4.52 Å². The maximum atomic E-state index is 13.9. The van der Waals surface area contributed by atoms with Crippen molar-refractivity contribution in [1.82, 2.24) is 10.1 Å². The fraction of sp³-hybridized carbons (Fsp3) is 0.107. The smallest absolute Gasteiger partial charge is 0.196 e. The summed E-state index contributed by atoms with van der Waals surface area (Å²) < 4.78 is 5.52. The number of nitrogens with zero attached hydrogens (tertiary/aromatic N) is 2. The van der Waals surface area contributed by atoms with E-state index in [1.807, 2.05) is 75.4 Å². The summed E-state index contributed by atoms with van der Waals surface area (Å²) in [6.45, 7) is 5.85. The molecule has 0 N–H and O–H groups in total. The minimum Gasteiger partial charge on any atom is -0.361 e. The number of rotatable bonds is 3. The van der Waals surface area contributed by atoms with E-state index in [0.29, 0.717) is 16.9 Å². The van der Waals surface area contributed by atoms with Gasteiger partial charge >= 0.3 is 0 Å². The zero-order chi connectivity index (χ0) is 22.7. The highest BCUT2D eigenvalue weighted by atomic mass is 32.1. The molecule has 0 atom stereocenters. The molecule has 5 aromatic rings. The summed E-state index contributed by atoms with van der Waals surface area (Å²) in [4.78, 5) is 19.9. The van der Waals surface area contributed by atoms with Gasteiger partial charge in [0.1, 0.15) is 10.8 Å². The van der Waals surface area contributed by atoms with Crippen LogP contribution in [0, 0.1) is 20.8 Å². The lowest BCUT2D eigenvalue weighted by atomic mass is 9.93. The summed E-state index contributed by atoms with van der Waals surface area (Å²) >= 11 is 1.61. The second kappa shape index (κ2) is 7.36. The molecule has 6 rings (SSSR count). The molecule has 1 aliphatic carbocycles. The van der Waals surface area contributed by atoms with Crippen LogP contribution in [0.5, 0.6) is 0 Å². The molecule has 0 saturated heterocycles. The van der Waals surface area contributed by atoms with Gasteiger partial charge in [-0.2, -0.15) is 0 Å². The molecule has 2 heterocycles. The average molecular weight is 449 g/mol. The fourth-order valence-corrected chi connectivity index (χ4v) is 5.60. The van der Waals surface area contributed by atoms with E-state index in [0.717, 1.165) is 54.3 Å². The third-order valence-corrected chi connectivity index (χ3v) is 7.23. The number of aromatic nitrogens is 2. The summed E-state index contributed by atoms with van der Waals surface area (Å²) in [5.74, 6) is 0.698. The van der Waals surface area contributed by atoms with Crippen LogP contribution in [-0.2, 0) is 0 Å². The Bertz CT molecular complexity index is 1590. The van der Waals surface area contributed by atoms with Crippen LogP contribution < -0.4 is 0 Å². The van der Waals surface area contributed by atoms with Crippen LogP contribution in [0.2, 0.25) is 0 Å². The van der Waals surface area contributed by atoms with Crippen molar-refractivity contribution in [3.63, 3.8) is 0 Å². The van der Waals surface area contributed by atoms with E-state index in [9.17, 15) is 4.79 Å². The van der Waals surface area contributed by atoms with Crippen molar-refractivity contribution in [2.75, 3.05) is 0 Å². The highest BCUT2D eigenvalue weighted by Gasteiger charge is 2.36. The lowest BCUT2D eigenvalue weighted by Gasteiger charge is -2.08. The Labute approximate surface area is 195 Å². The minimum absolute atomic E-state index is 0.00114. The zero-order valence-corrected chi connectivity index (χ0v) is 19.3. The molecule has 4 nitrogen and oxygen atoms in total. The largest absolute Gasteiger partial charge is 0.361 e. The first-order chi connectivity index (χ1) is 16.0. The van der Waals surface area contributed by atoms with Crippen LogP contribution >= 0.6 is 11.3 Å². The standard InChI is InChI=1S/C28H20N2O2S/c1-15-23(16(2)32-30-15)24-21-13-19-11-7-8-12-20(19)14-22(21)27(31)25(24)26-17(3)33-28(29-26)18-9-5-4-6-10-18/h4-14H,1-3H3. The van der Waals surface area contributed by atoms with Crippen molar-refractivity contribution in [1.29, 1.82) is 0 Å². The van der Waals surface area contributed by atoms with Gasteiger partial charge in [0.2, 0.25) is 0 Å². The maximum absolute atomic E-state index is 13.9. The topological polar surface area (TPSA) is 56.0 Å². The highest BCUT2D eigenvalue weighted by molar-refractivity contribution is 7.15. The van der Waals surface area contributed by atoms with Crippen LogP contribution in [0.3, 0.4) is 0 Å². The Kier molecular flexibility index (Phi) is 4.42. The highest BCUT2D eigenvalue weighted by Crippen LogP contribution is 2.46. The van der Waals surface area contributed by atoms with E-state index in [1.54, 1.807) is 11.3 Å². The summed E-state index contributed by atoms with van der Waals surface area (Å²) in [5.41, 5.74) is 6.54. The molecule has 5 heteroatoms. The van der Waals surface area contributed by atoms with E-state index >= 15 is 0 Å². The number of hydrogen-bond acceptors (Lipinski definition) is 5. The van der Waals surface area contributed by atoms with Crippen molar-refractivity contribution in [3.05, 3.63) is 105 Å². The van der Waals surface area contributed by atoms with Crippen LogP contribution in [0.15, 0.2) is 71.3 Å². The van der Waals surface area contributed by atoms with E-state index < -0.39 is 0 Å². The molecule has 0 aliphatic heterocycles. The number of benzene rings is 3.